The van der Waals surface area contributed by atoms with Crippen LogP contribution in [0, 0.1) is 0 Å². The summed E-state index contributed by atoms with van der Waals surface area (Å²) < 4.78 is 5.49. The molecule has 0 spiro atoms. The van der Waals surface area contributed by atoms with Crippen LogP contribution in [0.4, 0.5) is 0 Å². The summed E-state index contributed by atoms with van der Waals surface area (Å²) in [5.74, 6) is 0.341. The van der Waals surface area contributed by atoms with E-state index in [-0.39, 0.29) is 5.60 Å². The Labute approximate surface area is 90.4 Å². The fourth-order valence-electron chi connectivity index (χ4n) is 1.22. The molecule has 0 heterocycles. The third-order valence-electron chi connectivity index (χ3n) is 1.73. The maximum Gasteiger partial charge on any atom is 0.230 e. The number of oxime groups is 1. The number of hydrogen-bond donors (Lipinski definition) is 1. The Kier molecular flexibility index (Phi) is 3.72. The molecule has 1 aromatic rings. The van der Waals surface area contributed by atoms with E-state index in [0.717, 1.165) is 5.56 Å². The highest BCUT2D eigenvalue weighted by Crippen LogP contribution is 2.10. The molecule has 0 unspecified atom stereocenters. The maximum absolute atomic E-state index is 8.81. The van der Waals surface area contributed by atoms with Crippen LogP contribution in [0.25, 0.3) is 0 Å². The highest BCUT2D eigenvalue weighted by molar-refractivity contribution is 5.78. The highest BCUT2D eigenvalue weighted by Gasteiger charge is 2.15. The van der Waals surface area contributed by atoms with Crippen molar-refractivity contribution in [3.05, 3.63) is 35.9 Å². The Morgan fingerprint density at radius 2 is 1.87 bits per heavy atom. The van der Waals surface area contributed by atoms with E-state index < -0.39 is 0 Å². The van der Waals surface area contributed by atoms with E-state index in [0.29, 0.717) is 12.3 Å². The highest BCUT2D eigenvalue weighted by atomic mass is 16.5. The Balaban J connectivity index is 2.64. The number of hydrogen-bond acceptors (Lipinski definition) is 3. The van der Waals surface area contributed by atoms with Crippen molar-refractivity contribution in [3.8, 4) is 0 Å². The second-order valence-corrected chi connectivity index (χ2v) is 4.37. The molecule has 0 saturated heterocycles. The molecule has 82 valence electrons. The van der Waals surface area contributed by atoms with Crippen LogP contribution >= 0.6 is 0 Å². The van der Waals surface area contributed by atoms with Crippen molar-refractivity contribution in [2.75, 3.05) is 0 Å². The lowest BCUT2D eigenvalue weighted by atomic mass is 10.1. The first-order valence-electron chi connectivity index (χ1n) is 4.95. The summed E-state index contributed by atoms with van der Waals surface area (Å²) in [6.07, 6.45) is 0.509. The fraction of sp³-hybridized carbons (Fsp3) is 0.417. The van der Waals surface area contributed by atoms with Gasteiger partial charge in [-0.2, -0.15) is 0 Å². The Bertz CT molecular complexity index is 325. The molecule has 1 rings (SSSR count). The van der Waals surface area contributed by atoms with Gasteiger partial charge in [-0.3, -0.25) is 0 Å². The zero-order valence-electron chi connectivity index (χ0n) is 9.40. The van der Waals surface area contributed by atoms with Crippen LogP contribution in [-0.4, -0.2) is 16.7 Å². The molecule has 0 aromatic heterocycles. The number of rotatable bonds is 2. The average Bonchev–Trinajstić information content (AvgIpc) is 2.16. The second kappa shape index (κ2) is 4.82. The molecule has 0 fully saturated rings. The van der Waals surface area contributed by atoms with Gasteiger partial charge in [-0.05, 0) is 26.3 Å². The average molecular weight is 207 g/mol. The fourth-order valence-corrected chi connectivity index (χ4v) is 1.22. The van der Waals surface area contributed by atoms with E-state index in [4.69, 9.17) is 9.94 Å². The van der Waals surface area contributed by atoms with Crippen molar-refractivity contribution in [3.63, 3.8) is 0 Å². The predicted octanol–water partition coefficient (Wildman–Crippen LogP) is 2.83. The standard InChI is InChI=1S/C12H17NO2/c1-12(2,3)15-11(13-14)9-10-7-5-4-6-8-10/h4-8,14H,9H2,1-3H3/b13-11-. The zero-order chi connectivity index (χ0) is 11.3. The van der Waals surface area contributed by atoms with Gasteiger partial charge in [0, 0.05) is 0 Å². The third-order valence-corrected chi connectivity index (χ3v) is 1.73. The largest absolute Gasteiger partial charge is 0.473 e. The first-order chi connectivity index (χ1) is 7.01. The van der Waals surface area contributed by atoms with Gasteiger partial charge >= 0.3 is 0 Å². The molecule has 15 heavy (non-hydrogen) atoms. The predicted molar refractivity (Wildman–Crippen MR) is 60.2 cm³/mol. The number of nitrogens with zero attached hydrogens (tertiary/aromatic N) is 1. The molecule has 0 amide bonds. The van der Waals surface area contributed by atoms with Crippen LogP contribution in [0.3, 0.4) is 0 Å². The summed E-state index contributed by atoms with van der Waals surface area (Å²) in [5, 5.41) is 12.0. The molecule has 0 aliphatic rings. The molecule has 0 aliphatic carbocycles. The molecule has 3 heteroatoms. The Hall–Kier alpha value is -1.51. The van der Waals surface area contributed by atoms with E-state index >= 15 is 0 Å². The minimum Gasteiger partial charge on any atom is -0.473 e. The van der Waals surface area contributed by atoms with Crippen molar-refractivity contribution in [2.24, 2.45) is 5.16 Å². The lowest BCUT2D eigenvalue weighted by molar-refractivity contribution is 0.104. The lowest BCUT2D eigenvalue weighted by Gasteiger charge is -2.21. The van der Waals surface area contributed by atoms with E-state index in [1.807, 2.05) is 51.1 Å². The van der Waals surface area contributed by atoms with Gasteiger partial charge in [0.1, 0.15) is 5.60 Å². The molecule has 0 aliphatic heterocycles. The minimum absolute atomic E-state index is 0.337. The van der Waals surface area contributed by atoms with Crippen molar-refractivity contribution in [2.45, 2.75) is 32.8 Å². The van der Waals surface area contributed by atoms with Crippen molar-refractivity contribution in [1.29, 1.82) is 0 Å². The molecule has 0 atom stereocenters. The van der Waals surface area contributed by atoms with E-state index in [1.54, 1.807) is 0 Å². The van der Waals surface area contributed by atoms with Crippen LogP contribution in [0.15, 0.2) is 35.5 Å². The van der Waals surface area contributed by atoms with Gasteiger partial charge < -0.3 is 9.94 Å². The molecule has 0 radical (unpaired) electrons. The van der Waals surface area contributed by atoms with E-state index in [2.05, 4.69) is 5.16 Å². The summed E-state index contributed by atoms with van der Waals surface area (Å²) in [4.78, 5) is 0. The Morgan fingerprint density at radius 3 is 2.33 bits per heavy atom. The molecule has 0 saturated carbocycles. The van der Waals surface area contributed by atoms with Gasteiger partial charge in [0.15, 0.2) is 0 Å². The first-order valence-corrected chi connectivity index (χ1v) is 4.95. The molecular formula is C12H17NO2. The molecule has 1 aromatic carbocycles. The first kappa shape index (κ1) is 11.6. The monoisotopic (exact) mass is 207 g/mol. The number of benzene rings is 1. The smallest absolute Gasteiger partial charge is 0.230 e. The van der Waals surface area contributed by atoms with Crippen molar-refractivity contribution >= 4 is 5.90 Å². The van der Waals surface area contributed by atoms with Crippen molar-refractivity contribution in [1.82, 2.24) is 0 Å². The topological polar surface area (TPSA) is 41.8 Å². The van der Waals surface area contributed by atoms with Gasteiger partial charge in [-0.1, -0.05) is 35.5 Å². The summed E-state index contributed by atoms with van der Waals surface area (Å²) in [7, 11) is 0. The van der Waals surface area contributed by atoms with Gasteiger partial charge in [0.2, 0.25) is 5.90 Å². The summed E-state index contributed by atoms with van der Waals surface area (Å²) in [5.41, 5.74) is 0.727. The van der Waals surface area contributed by atoms with Crippen LogP contribution in [0.5, 0.6) is 0 Å². The summed E-state index contributed by atoms with van der Waals surface area (Å²) in [6.45, 7) is 5.76. The normalized spacial score (nSPS) is 12.6. The lowest BCUT2D eigenvalue weighted by Crippen LogP contribution is -2.25. The second-order valence-electron chi connectivity index (χ2n) is 4.37. The van der Waals surface area contributed by atoms with Crippen molar-refractivity contribution < 1.29 is 9.94 Å². The van der Waals surface area contributed by atoms with Gasteiger partial charge in [0.25, 0.3) is 0 Å². The SMILES string of the molecule is CC(C)(C)O/C(Cc1ccccc1)=N\O. The van der Waals surface area contributed by atoms with Gasteiger partial charge in [-0.15, -0.1) is 0 Å². The zero-order valence-corrected chi connectivity index (χ0v) is 9.40. The van der Waals surface area contributed by atoms with Gasteiger partial charge in [0.05, 0.1) is 6.42 Å². The molecule has 0 bridgehead atoms. The summed E-state index contributed by atoms with van der Waals surface area (Å²) >= 11 is 0. The number of ether oxygens (including phenoxy) is 1. The minimum atomic E-state index is -0.337. The van der Waals surface area contributed by atoms with Crippen LogP contribution in [0.1, 0.15) is 26.3 Å². The quantitative estimate of drug-likeness (QED) is 0.350. The Morgan fingerprint density at radius 1 is 1.27 bits per heavy atom. The van der Waals surface area contributed by atoms with Gasteiger partial charge in [-0.25, -0.2) is 0 Å². The van der Waals surface area contributed by atoms with E-state index in [1.165, 1.54) is 0 Å². The third kappa shape index (κ3) is 4.49. The molecular weight excluding hydrogens is 190 g/mol. The van der Waals surface area contributed by atoms with Crippen LogP contribution < -0.4 is 0 Å². The maximum atomic E-state index is 8.81. The summed E-state index contributed by atoms with van der Waals surface area (Å²) in [6, 6.07) is 9.78. The van der Waals surface area contributed by atoms with E-state index in [9.17, 15) is 0 Å². The van der Waals surface area contributed by atoms with Crippen LogP contribution in [-0.2, 0) is 11.2 Å². The molecule has 3 nitrogen and oxygen atoms in total. The van der Waals surface area contributed by atoms with Crippen LogP contribution in [0.2, 0.25) is 0 Å². The molecule has 1 N–H and O–H groups in total.